The number of nitrogens with zero attached hydrogens (tertiary/aromatic N) is 2. The van der Waals surface area contributed by atoms with Gasteiger partial charge < -0.3 is 8.98 Å². The smallest absolute Gasteiger partial charge is 0 e. The second-order valence-corrected chi connectivity index (χ2v) is 27.0. The van der Waals surface area contributed by atoms with E-state index in [1.807, 2.05) is 33.4 Å². The predicted octanol–water partition coefficient (Wildman–Crippen LogP) is 11.5. The van der Waals surface area contributed by atoms with Crippen molar-refractivity contribution in [3.8, 4) is 33.6 Å². The van der Waals surface area contributed by atoms with E-state index in [0.717, 1.165) is 61.1 Å². The van der Waals surface area contributed by atoms with E-state index in [1.54, 1.807) is 0 Å². The summed E-state index contributed by atoms with van der Waals surface area (Å²) in [4.78, 5) is 0. The van der Waals surface area contributed by atoms with Crippen molar-refractivity contribution in [3.63, 3.8) is 0 Å². The third-order valence-electron chi connectivity index (χ3n) is 11.4. The Morgan fingerprint density at radius 3 is 2.06 bits per heavy atom. The van der Waals surface area contributed by atoms with Gasteiger partial charge in [0.05, 0.1) is 17.5 Å². The molecule has 279 valence electrons. The minimum Gasteiger partial charge on any atom is 0 e. The van der Waals surface area contributed by atoms with Crippen LogP contribution >= 0.6 is 0 Å². The van der Waals surface area contributed by atoms with E-state index in [2.05, 4.69) is 156 Å². The van der Waals surface area contributed by atoms with E-state index in [0.29, 0.717) is 5.92 Å². The van der Waals surface area contributed by atoms with Gasteiger partial charge in [-0.15, -0.1) is 6.07 Å². The summed E-state index contributed by atoms with van der Waals surface area (Å²) in [5.74, 6) is 7.90. The Bertz CT molecular complexity index is 2420. The minimum atomic E-state index is -1.78. The van der Waals surface area contributed by atoms with Crippen LogP contribution in [0.5, 0.6) is 0 Å². The summed E-state index contributed by atoms with van der Waals surface area (Å²) in [5.41, 5.74) is 11.9. The maximum atomic E-state index is 6.58. The van der Waals surface area contributed by atoms with Crippen molar-refractivity contribution in [3.05, 3.63) is 166 Å². The van der Waals surface area contributed by atoms with Crippen molar-refractivity contribution in [1.82, 2.24) is 0 Å². The van der Waals surface area contributed by atoms with E-state index >= 15 is 0 Å². The van der Waals surface area contributed by atoms with Gasteiger partial charge >= 0.3 is 113 Å². The van der Waals surface area contributed by atoms with Crippen LogP contribution in [-0.2, 0) is 25.5 Å². The zero-order valence-electron chi connectivity index (χ0n) is 32.4. The molecule has 1 radical (unpaired) electrons. The predicted molar refractivity (Wildman–Crippen MR) is 225 cm³/mol. The average Bonchev–Trinajstić information content (AvgIpc) is 3.82. The van der Waals surface area contributed by atoms with Crippen molar-refractivity contribution in [1.29, 1.82) is 0 Å². The number of furan rings is 1. The maximum Gasteiger partial charge on any atom is 0 e. The zero-order chi connectivity index (χ0) is 37.5. The molecule has 8 rings (SSSR count). The van der Waals surface area contributed by atoms with Gasteiger partial charge in [-0.1, -0.05) is 86.3 Å². The second kappa shape index (κ2) is 15.8. The monoisotopic (exact) mass is 951 g/mol. The van der Waals surface area contributed by atoms with Crippen molar-refractivity contribution < 1.29 is 33.7 Å². The summed E-state index contributed by atoms with van der Waals surface area (Å²) in [5, 5.41) is 2.24. The molecule has 3 heterocycles. The van der Waals surface area contributed by atoms with Crippen LogP contribution in [-0.4, -0.2) is 13.3 Å². The van der Waals surface area contributed by atoms with Crippen LogP contribution in [0.4, 0.5) is 0 Å². The number of hydrogen-bond donors (Lipinski definition) is 0. The average molecular weight is 950 g/mol. The van der Waals surface area contributed by atoms with Crippen molar-refractivity contribution in [2.75, 3.05) is 0 Å². The van der Waals surface area contributed by atoms with E-state index in [1.165, 1.54) is 41.2 Å². The van der Waals surface area contributed by atoms with Crippen LogP contribution in [0.1, 0.15) is 56.2 Å². The van der Waals surface area contributed by atoms with E-state index < -0.39 is 13.3 Å². The molecular weight excluding hydrogens is 897 g/mol. The molecule has 0 spiro atoms. The van der Waals surface area contributed by atoms with E-state index in [9.17, 15) is 0 Å². The molecule has 1 aliphatic rings. The molecule has 1 fully saturated rings. The minimum absolute atomic E-state index is 0. The summed E-state index contributed by atoms with van der Waals surface area (Å²) in [6.07, 6.45) is 9.58. The Kier molecular flexibility index (Phi) is 11.5. The van der Waals surface area contributed by atoms with Gasteiger partial charge in [0.2, 0.25) is 0 Å². The molecule has 0 bridgehead atoms. The van der Waals surface area contributed by atoms with Crippen molar-refractivity contribution in [2.24, 2.45) is 5.92 Å². The van der Waals surface area contributed by atoms with Crippen LogP contribution in [0.2, 0.25) is 17.3 Å². The Labute approximate surface area is 339 Å². The molecule has 1 saturated carbocycles. The van der Waals surface area contributed by atoms with Crippen LogP contribution in [0.3, 0.4) is 0 Å². The van der Waals surface area contributed by atoms with Crippen molar-refractivity contribution >= 4 is 39.6 Å². The number of pyridine rings is 2. The maximum absolute atomic E-state index is 6.58. The Balaban J connectivity index is 0.000000222. The number of aromatic nitrogens is 2. The SMILES string of the molecule is [CH2-]c1ccc2c(oc3cc(-c4ccccc4)ccc32)c1-c1cc(C(C)(C)C2CCCC2)cc[n+]1[CH2-].[CH2-]c1ccccc1-c1cc[c]([Ge]([CH3])([CH3])[CH3])c[n+]1[CH2-].[Ir]. The molecule has 5 heteroatoms. The summed E-state index contributed by atoms with van der Waals surface area (Å²) in [6, 6.07) is 38.3. The number of fused-ring (bicyclic) bond motifs is 3. The van der Waals surface area contributed by atoms with Crippen molar-refractivity contribution in [2.45, 2.75) is 62.2 Å². The van der Waals surface area contributed by atoms with Gasteiger partial charge in [-0.05, 0) is 47.4 Å². The van der Waals surface area contributed by atoms with Gasteiger partial charge in [0.25, 0.3) is 0 Å². The number of hydrogen-bond acceptors (Lipinski definition) is 1. The zero-order valence-corrected chi connectivity index (χ0v) is 36.9. The summed E-state index contributed by atoms with van der Waals surface area (Å²) >= 11 is -1.78. The molecule has 0 amide bonds. The largest absolute Gasteiger partial charge is 0 e. The Morgan fingerprint density at radius 2 is 1.37 bits per heavy atom. The van der Waals surface area contributed by atoms with E-state index in [-0.39, 0.29) is 25.5 Å². The fourth-order valence-electron chi connectivity index (χ4n) is 8.00. The first kappa shape index (κ1) is 39.3. The number of rotatable bonds is 6. The topological polar surface area (TPSA) is 20.9 Å². The second-order valence-electron chi connectivity index (χ2n) is 16.3. The molecule has 3 aromatic heterocycles. The normalized spacial score (nSPS) is 13.4. The molecule has 0 saturated heterocycles. The molecular formula is C49H52GeIrN2O-2. The molecule has 0 aliphatic heterocycles. The third kappa shape index (κ3) is 7.75. The van der Waals surface area contributed by atoms with Gasteiger partial charge in [0, 0.05) is 37.9 Å². The van der Waals surface area contributed by atoms with Gasteiger partial charge in [0.15, 0.2) is 0 Å². The first-order valence-corrected chi connectivity index (χ1v) is 26.2. The van der Waals surface area contributed by atoms with Gasteiger partial charge in [-0.3, -0.25) is 0 Å². The van der Waals surface area contributed by atoms with E-state index in [4.69, 9.17) is 4.42 Å². The van der Waals surface area contributed by atoms with Crippen LogP contribution in [0, 0.1) is 33.9 Å². The molecule has 1 aliphatic carbocycles. The molecule has 0 atom stereocenters. The fraction of sp³-hybridized carbons (Fsp3) is 0.224. The van der Waals surface area contributed by atoms with Crippen LogP contribution < -0.4 is 13.5 Å². The fourth-order valence-corrected chi connectivity index (χ4v) is 10.4. The molecule has 3 nitrogen and oxygen atoms in total. The Morgan fingerprint density at radius 1 is 0.685 bits per heavy atom. The standard InChI is InChI=1S/C33H32NO.C16H20GeN.Ir/c1-22-14-16-28-27-17-15-24(23-10-6-5-7-11-23)20-30(27)35-32(28)31(22)29-21-26(18-19-34(29)4)33(2,3)25-12-8-9-13-25;1-13-8-6-7-9-15(13)16-11-10-14(12-18(16)5)17(2,3)4;/h5-7,10-11,14-21,25H,1,4,8-9,12-13H2,2-3H3;6-12H,1,5H2,2-4H3;/q2*-1;. The van der Waals surface area contributed by atoms with Gasteiger partial charge in [-0.2, -0.15) is 18.6 Å². The first-order chi connectivity index (χ1) is 25.3. The third-order valence-corrected chi connectivity index (χ3v) is 15.7. The summed E-state index contributed by atoms with van der Waals surface area (Å²) in [7, 11) is 8.45. The van der Waals surface area contributed by atoms with Crippen LogP contribution in [0.25, 0.3) is 55.6 Å². The van der Waals surface area contributed by atoms with Gasteiger partial charge in [-0.25, -0.2) is 0 Å². The summed E-state index contributed by atoms with van der Waals surface area (Å²) < 4.78 is 12.0. The number of benzene rings is 4. The van der Waals surface area contributed by atoms with Gasteiger partial charge in [0.1, 0.15) is 5.58 Å². The molecule has 0 N–H and O–H groups in total. The first-order valence-electron chi connectivity index (χ1n) is 18.9. The van der Waals surface area contributed by atoms with Crippen LogP contribution in [0.15, 0.2) is 126 Å². The molecule has 0 unspecified atom stereocenters. The summed E-state index contributed by atoms with van der Waals surface area (Å²) in [6.45, 7) is 13.3. The quantitative estimate of drug-likeness (QED) is 0.0924. The molecule has 54 heavy (non-hydrogen) atoms. The Hall–Kier alpha value is -4.35. The molecule has 4 aromatic carbocycles. The molecule has 7 aromatic rings.